The molecule has 1 aromatic carbocycles. The summed E-state index contributed by atoms with van der Waals surface area (Å²) in [5.41, 5.74) is 3.19. The normalized spacial score (nSPS) is 15.6. The molecule has 2 amide bonds. The molecular formula is C12H12N2O4. The van der Waals surface area contributed by atoms with Gasteiger partial charge in [-0.3, -0.25) is 14.4 Å². The zero-order valence-corrected chi connectivity index (χ0v) is 9.97. The maximum atomic E-state index is 11.9. The van der Waals surface area contributed by atoms with Gasteiger partial charge in [-0.2, -0.15) is 0 Å². The first-order chi connectivity index (χ1) is 8.56. The third kappa shape index (κ3) is 1.86. The number of fused-ring (bicyclic) bond motifs is 1. The molecule has 0 spiro atoms. The number of hydrazine groups is 1. The zero-order valence-electron chi connectivity index (χ0n) is 9.97. The monoisotopic (exact) mass is 248 g/mol. The van der Waals surface area contributed by atoms with Crippen molar-refractivity contribution >= 4 is 17.8 Å². The topological polar surface area (TPSA) is 75.7 Å². The SMILES string of the molecule is COC(=O)[C@@H](C)NN1C(=O)c2ccccc2C1=O. The van der Waals surface area contributed by atoms with Gasteiger partial charge >= 0.3 is 5.97 Å². The van der Waals surface area contributed by atoms with Crippen molar-refractivity contribution in [2.75, 3.05) is 7.11 Å². The molecule has 0 unspecified atom stereocenters. The molecule has 1 aliphatic heterocycles. The Morgan fingerprint density at radius 1 is 1.22 bits per heavy atom. The van der Waals surface area contributed by atoms with Crippen LogP contribution >= 0.6 is 0 Å². The van der Waals surface area contributed by atoms with Gasteiger partial charge in [-0.05, 0) is 19.1 Å². The van der Waals surface area contributed by atoms with E-state index >= 15 is 0 Å². The van der Waals surface area contributed by atoms with Crippen LogP contribution in [0.15, 0.2) is 24.3 Å². The Kier molecular flexibility index (Phi) is 3.12. The molecule has 6 nitrogen and oxygen atoms in total. The molecule has 18 heavy (non-hydrogen) atoms. The van der Waals surface area contributed by atoms with Crippen molar-refractivity contribution in [1.82, 2.24) is 10.4 Å². The third-order valence-electron chi connectivity index (χ3n) is 2.67. The van der Waals surface area contributed by atoms with Crippen molar-refractivity contribution < 1.29 is 19.1 Å². The van der Waals surface area contributed by atoms with Crippen LogP contribution in [0.5, 0.6) is 0 Å². The fourth-order valence-corrected chi connectivity index (χ4v) is 1.73. The lowest BCUT2D eigenvalue weighted by Crippen LogP contribution is -2.50. The highest BCUT2D eigenvalue weighted by molar-refractivity contribution is 6.21. The Bertz CT molecular complexity index is 492. The number of carbonyl (C=O) groups excluding carboxylic acids is 3. The molecule has 2 rings (SSSR count). The highest BCUT2D eigenvalue weighted by Gasteiger charge is 2.36. The van der Waals surface area contributed by atoms with E-state index in [1.807, 2.05) is 0 Å². The number of imide groups is 1. The lowest BCUT2D eigenvalue weighted by atomic mass is 10.1. The molecule has 0 saturated carbocycles. The van der Waals surface area contributed by atoms with E-state index in [4.69, 9.17) is 0 Å². The van der Waals surface area contributed by atoms with Gasteiger partial charge in [0.05, 0.1) is 18.2 Å². The number of hydrogen-bond acceptors (Lipinski definition) is 5. The number of esters is 1. The van der Waals surface area contributed by atoms with Crippen LogP contribution in [0, 0.1) is 0 Å². The predicted molar refractivity (Wildman–Crippen MR) is 61.6 cm³/mol. The summed E-state index contributed by atoms with van der Waals surface area (Å²) in [6, 6.07) is 5.71. The maximum Gasteiger partial charge on any atom is 0.324 e. The molecule has 1 aromatic rings. The van der Waals surface area contributed by atoms with E-state index in [-0.39, 0.29) is 0 Å². The lowest BCUT2D eigenvalue weighted by Gasteiger charge is -2.19. The molecule has 0 aromatic heterocycles. The van der Waals surface area contributed by atoms with Gasteiger partial charge < -0.3 is 4.74 Å². The molecular weight excluding hydrogens is 236 g/mol. The molecule has 0 aliphatic carbocycles. The molecule has 1 N–H and O–H groups in total. The number of ether oxygens (including phenoxy) is 1. The highest BCUT2D eigenvalue weighted by Crippen LogP contribution is 2.20. The van der Waals surface area contributed by atoms with Crippen LogP contribution in [0.4, 0.5) is 0 Å². The zero-order chi connectivity index (χ0) is 13.3. The van der Waals surface area contributed by atoms with E-state index in [9.17, 15) is 14.4 Å². The van der Waals surface area contributed by atoms with E-state index in [1.54, 1.807) is 24.3 Å². The molecule has 0 bridgehead atoms. The van der Waals surface area contributed by atoms with Crippen LogP contribution < -0.4 is 5.43 Å². The van der Waals surface area contributed by atoms with E-state index in [0.717, 1.165) is 5.01 Å². The van der Waals surface area contributed by atoms with Gasteiger partial charge in [0.25, 0.3) is 11.8 Å². The molecule has 1 atom stereocenters. The molecule has 0 saturated heterocycles. The van der Waals surface area contributed by atoms with Crippen LogP contribution in [-0.2, 0) is 9.53 Å². The van der Waals surface area contributed by atoms with E-state index in [2.05, 4.69) is 10.2 Å². The highest BCUT2D eigenvalue weighted by atomic mass is 16.5. The number of methoxy groups -OCH3 is 1. The Morgan fingerprint density at radius 3 is 2.17 bits per heavy atom. The molecule has 1 aliphatic rings. The van der Waals surface area contributed by atoms with E-state index < -0.39 is 23.8 Å². The molecule has 0 fully saturated rings. The van der Waals surface area contributed by atoms with Crippen LogP contribution in [0.25, 0.3) is 0 Å². The third-order valence-corrected chi connectivity index (χ3v) is 2.67. The molecule has 1 heterocycles. The first kappa shape index (κ1) is 12.3. The van der Waals surface area contributed by atoms with Crippen molar-refractivity contribution in [2.45, 2.75) is 13.0 Å². The van der Waals surface area contributed by atoms with Gasteiger partial charge in [0.1, 0.15) is 6.04 Å². The van der Waals surface area contributed by atoms with Crippen molar-refractivity contribution in [3.05, 3.63) is 35.4 Å². The second kappa shape index (κ2) is 4.58. The van der Waals surface area contributed by atoms with Crippen molar-refractivity contribution in [3.8, 4) is 0 Å². The minimum atomic E-state index is -0.780. The molecule has 0 radical (unpaired) electrons. The largest absolute Gasteiger partial charge is 0.468 e. The van der Waals surface area contributed by atoms with Gasteiger partial charge in [-0.25, -0.2) is 10.4 Å². The second-order valence-electron chi connectivity index (χ2n) is 3.87. The standard InChI is InChI=1S/C12H12N2O4/c1-7(12(17)18-2)13-14-10(15)8-5-3-4-6-9(8)11(14)16/h3-7,13H,1-2H3/t7-/m1/s1. The first-order valence-corrected chi connectivity index (χ1v) is 5.38. The quantitative estimate of drug-likeness (QED) is 0.617. The summed E-state index contributed by atoms with van der Waals surface area (Å²) in [5.74, 6) is -1.48. The number of rotatable bonds is 3. The Labute approximate surface area is 103 Å². The van der Waals surface area contributed by atoms with E-state index in [0.29, 0.717) is 11.1 Å². The number of nitrogens with one attached hydrogen (secondary N) is 1. The Morgan fingerprint density at radius 2 is 1.72 bits per heavy atom. The van der Waals surface area contributed by atoms with E-state index in [1.165, 1.54) is 14.0 Å². The Hall–Kier alpha value is -2.21. The molecule has 94 valence electrons. The number of benzene rings is 1. The summed E-state index contributed by atoms with van der Waals surface area (Å²) in [6.07, 6.45) is 0. The van der Waals surface area contributed by atoms with Crippen molar-refractivity contribution in [1.29, 1.82) is 0 Å². The van der Waals surface area contributed by atoms with Crippen LogP contribution in [-0.4, -0.2) is 35.9 Å². The summed E-state index contributed by atoms with van der Waals surface area (Å²) in [6.45, 7) is 1.51. The maximum absolute atomic E-state index is 11.9. The smallest absolute Gasteiger partial charge is 0.324 e. The number of carbonyl (C=O) groups is 3. The fraction of sp³-hybridized carbons (Fsp3) is 0.250. The van der Waals surface area contributed by atoms with Crippen LogP contribution in [0.1, 0.15) is 27.6 Å². The summed E-state index contributed by atoms with van der Waals surface area (Å²) < 4.78 is 4.52. The number of amides is 2. The van der Waals surface area contributed by atoms with Crippen LogP contribution in [0.3, 0.4) is 0 Å². The number of hydrogen-bond donors (Lipinski definition) is 1. The Balaban J connectivity index is 2.21. The van der Waals surface area contributed by atoms with Gasteiger partial charge in [0.15, 0.2) is 0 Å². The predicted octanol–water partition coefficient (Wildman–Crippen LogP) is 0.349. The van der Waals surface area contributed by atoms with Crippen LogP contribution in [0.2, 0.25) is 0 Å². The average Bonchev–Trinajstić information content (AvgIpc) is 2.63. The van der Waals surface area contributed by atoms with Gasteiger partial charge in [0, 0.05) is 0 Å². The van der Waals surface area contributed by atoms with Gasteiger partial charge in [-0.15, -0.1) is 0 Å². The van der Waals surface area contributed by atoms with Gasteiger partial charge in [0.2, 0.25) is 0 Å². The average molecular weight is 248 g/mol. The summed E-state index contributed by atoms with van der Waals surface area (Å²) >= 11 is 0. The summed E-state index contributed by atoms with van der Waals surface area (Å²) in [5, 5.41) is 0.840. The second-order valence-corrected chi connectivity index (χ2v) is 3.87. The van der Waals surface area contributed by atoms with Crippen molar-refractivity contribution in [3.63, 3.8) is 0 Å². The minimum absolute atomic E-state index is 0.326. The number of nitrogens with zero attached hydrogens (tertiary/aromatic N) is 1. The fourth-order valence-electron chi connectivity index (χ4n) is 1.73. The molecule has 6 heteroatoms. The van der Waals surface area contributed by atoms with Crippen molar-refractivity contribution in [2.24, 2.45) is 0 Å². The van der Waals surface area contributed by atoms with Gasteiger partial charge in [-0.1, -0.05) is 12.1 Å². The summed E-state index contributed by atoms with van der Waals surface area (Å²) in [7, 11) is 1.24. The lowest BCUT2D eigenvalue weighted by molar-refractivity contribution is -0.143. The minimum Gasteiger partial charge on any atom is -0.468 e. The summed E-state index contributed by atoms with van der Waals surface area (Å²) in [4.78, 5) is 35.1. The first-order valence-electron chi connectivity index (χ1n) is 5.38.